The van der Waals surface area contributed by atoms with Gasteiger partial charge in [-0.25, -0.2) is 0 Å². The highest BCUT2D eigenvalue weighted by molar-refractivity contribution is 6.46. The number of hydrogen-bond acceptors (Lipinski definition) is 5. The number of rotatable bonds is 5. The molecule has 1 unspecified atom stereocenters. The van der Waals surface area contributed by atoms with Crippen molar-refractivity contribution in [3.8, 4) is 5.75 Å². The fourth-order valence-corrected chi connectivity index (χ4v) is 5.20. The molecule has 0 spiro atoms. The number of ether oxygens (including phenoxy) is 1. The molecule has 6 nitrogen and oxygen atoms in total. The van der Waals surface area contributed by atoms with Crippen LogP contribution < -0.4 is 9.64 Å². The number of carbonyl (C=O) groups is 2. The molecule has 1 atom stereocenters. The third-order valence-corrected chi connectivity index (χ3v) is 7.24. The lowest BCUT2D eigenvalue weighted by molar-refractivity contribution is -0.141. The largest absolute Gasteiger partial charge is 0.507 e. The first-order valence-corrected chi connectivity index (χ1v) is 12.3. The van der Waals surface area contributed by atoms with E-state index in [0.717, 1.165) is 42.5 Å². The molecule has 6 heteroatoms. The van der Waals surface area contributed by atoms with Gasteiger partial charge in [-0.15, -0.1) is 0 Å². The predicted octanol–water partition coefficient (Wildman–Crippen LogP) is 5.42. The molecule has 4 rings (SSSR count). The van der Waals surface area contributed by atoms with E-state index in [1.165, 1.54) is 7.11 Å². The molecule has 0 bridgehead atoms. The number of ketones is 1. The molecule has 2 aromatic carbocycles. The highest BCUT2D eigenvalue weighted by Gasteiger charge is 2.49. The summed E-state index contributed by atoms with van der Waals surface area (Å²) in [6.07, 6.45) is 3.78. The summed E-state index contributed by atoms with van der Waals surface area (Å²) in [4.78, 5) is 30.6. The minimum absolute atomic E-state index is 0.0157. The summed E-state index contributed by atoms with van der Waals surface area (Å²) < 4.78 is 5.56. The standard InChI is InChI=1S/C29H36N2O4/c1-29(2,3)19-13-16-23(35-6)22(17-19)26(32)24-25(18-11-14-20(15-12-18)30(4)5)31(28(34)27(24)33)21-9-7-8-10-21/h11-17,21,25,32H,7-10H2,1-6H3/b26-24+. The van der Waals surface area contributed by atoms with Crippen LogP contribution in [0.4, 0.5) is 5.69 Å². The van der Waals surface area contributed by atoms with Crippen molar-refractivity contribution in [1.29, 1.82) is 0 Å². The van der Waals surface area contributed by atoms with Crippen molar-refractivity contribution in [3.05, 3.63) is 64.7 Å². The topological polar surface area (TPSA) is 70.1 Å². The van der Waals surface area contributed by atoms with Crippen molar-refractivity contribution in [2.75, 3.05) is 26.1 Å². The van der Waals surface area contributed by atoms with Crippen molar-refractivity contribution >= 4 is 23.1 Å². The normalized spacial score (nSPS) is 20.5. The maximum absolute atomic E-state index is 13.5. The number of aliphatic hydroxyl groups is 1. The van der Waals surface area contributed by atoms with Crippen molar-refractivity contribution < 1.29 is 19.4 Å². The maximum atomic E-state index is 13.5. The third kappa shape index (κ3) is 4.54. The van der Waals surface area contributed by atoms with Gasteiger partial charge in [-0.2, -0.15) is 0 Å². The molecule has 1 saturated carbocycles. The molecule has 186 valence electrons. The first kappa shape index (κ1) is 24.8. The molecule has 1 aliphatic carbocycles. The summed E-state index contributed by atoms with van der Waals surface area (Å²) in [6.45, 7) is 6.26. The van der Waals surface area contributed by atoms with Gasteiger partial charge in [-0.05, 0) is 53.6 Å². The van der Waals surface area contributed by atoms with Gasteiger partial charge in [0.25, 0.3) is 11.7 Å². The van der Waals surface area contributed by atoms with E-state index < -0.39 is 17.7 Å². The predicted molar refractivity (Wildman–Crippen MR) is 139 cm³/mol. The average Bonchev–Trinajstić information content (AvgIpc) is 3.44. The van der Waals surface area contributed by atoms with E-state index in [1.54, 1.807) is 4.90 Å². The minimum Gasteiger partial charge on any atom is -0.507 e. The Balaban J connectivity index is 1.92. The van der Waals surface area contributed by atoms with E-state index in [-0.39, 0.29) is 22.8 Å². The van der Waals surface area contributed by atoms with Crippen LogP contribution in [0, 0.1) is 0 Å². The van der Waals surface area contributed by atoms with Crippen molar-refractivity contribution in [2.45, 2.75) is 64.0 Å². The first-order valence-electron chi connectivity index (χ1n) is 12.3. The number of benzene rings is 2. The van der Waals surface area contributed by atoms with Gasteiger partial charge < -0.3 is 19.6 Å². The minimum atomic E-state index is -0.641. The summed E-state index contributed by atoms with van der Waals surface area (Å²) in [6, 6.07) is 12.8. The Bertz CT molecular complexity index is 1150. The van der Waals surface area contributed by atoms with Gasteiger partial charge in [-0.3, -0.25) is 9.59 Å². The molecule has 35 heavy (non-hydrogen) atoms. The number of nitrogens with zero attached hydrogens (tertiary/aromatic N) is 2. The lowest BCUT2D eigenvalue weighted by atomic mass is 9.85. The zero-order chi connectivity index (χ0) is 25.5. The lowest BCUT2D eigenvalue weighted by Crippen LogP contribution is -2.37. The monoisotopic (exact) mass is 476 g/mol. The van der Waals surface area contributed by atoms with Crippen molar-refractivity contribution in [1.82, 2.24) is 4.90 Å². The molecule has 1 amide bonds. The number of anilines is 1. The van der Waals surface area contributed by atoms with Gasteiger partial charge in [-0.1, -0.05) is 51.8 Å². The zero-order valence-corrected chi connectivity index (χ0v) is 21.6. The van der Waals surface area contributed by atoms with Gasteiger partial charge >= 0.3 is 0 Å². The van der Waals surface area contributed by atoms with Gasteiger partial charge in [0, 0.05) is 25.8 Å². The number of amides is 1. The van der Waals surface area contributed by atoms with Crippen LogP contribution in [0.2, 0.25) is 0 Å². The third-order valence-electron chi connectivity index (χ3n) is 7.24. The van der Waals surface area contributed by atoms with Crippen LogP contribution in [0.15, 0.2) is 48.0 Å². The SMILES string of the molecule is COc1ccc(C(C)(C)C)cc1/C(O)=C1\C(=O)C(=O)N(C2CCCC2)C1c1ccc(N(C)C)cc1. The molecular formula is C29H36N2O4. The second kappa shape index (κ2) is 9.40. The molecular weight excluding hydrogens is 440 g/mol. The van der Waals surface area contributed by atoms with Crippen LogP contribution >= 0.6 is 0 Å². The van der Waals surface area contributed by atoms with Crippen LogP contribution in [0.25, 0.3) is 5.76 Å². The second-order valence-corrected chi connectivity index (χ2v) is 10.8. The average molecular weight is 477 g/mol. The molecule has 2 aromatic rings. The molecule has 2 aliphatic rings. The summed E-state index contributed by atoms with van der Waals surface area (Å²) >= 11 is 0. The van der Waals surface area contributed by atoms with Crippen molar-refractivity contribution in [2.24, 2.45) is 0 Å². The van der Waals surface area contributed by atoms with Crippen LogP contribution in [0.1, 0.15) is 69.2 Å². The summed E-state index contributed by atoms with van der Waals surface area (Å²) in [7, 11) is 5.47. The van der Waals surface area contributed by atoms with Crippen LogP contribution in [-0.2, 0) is 15.0 Å². The van der Waals surface area contributed by atoms with E-state index in [4.69, 9.17) is 4.74 Å². The van der Waals surface area contributed by atoms with Crippen molar-refractivity contribution in [3.63, 3.8) is 0 Å². The molecule has 2 fully saturated rings. The molecule has 0 radical (unpaired) electrons. The Hall–Kier alpha value is -3.28. The van der Waals surface area contributed by atoms with Gasteiger partial charge in [0.2, 0.25) is 0 Å². The van der Waals surface area contributed by atoms with E-state index in [9.17, 15) is 14.7 Å². The lowest BCUT2D eigenvalue weighted by Gasteiger charge is -2.31. The Morgan fingerprint density at radius 1 is 1.03 bits per heavy atom. The van der Waals surface area contributed by atoms with Crippen LogP contribution in [-0.4, -0.2) is 48.9 Å². The van der Waals surface area contributed by atoms with Gasteiger partial charge in [0.05, 0.1) is 24.3 Å². The highest BCUT2D eigenvalue weighted by atomic mass is 16.5. The fraction of sp³-hybridized carbons (Fsp3) is 0.448. The fourth-order valence-electron chi connectivity index (χ4n) is 5.20. The van der Waals surface area contributed by atoms with Gasteiger partial charge in [0.15, 0.2) is 0 Å². The highest BCUT2D eigenvalue weighted by Crippen LogP contribution is 2.45. The number of likely N-dealkylation sites (tertiary alicyclic amines) is 1. The maximum Gasteiger partial charge on any atom is 0.295 e. The van der Waals surface area contributed by atoms with Gasteiger partial charge in [0.1, 0.15) is 11.5 Å². The van der Waals surface area contributed by atoms with E-state index in [1.807, 2.05) is 61.5 Å². The quantitative estimate of drug-likeness (QED) is 0.354. The second-order valence-electron chi connectivity index (χ2n) is 10.8. The number of methoxy groups -OCH3 is 1. The van der Waals surface area contributed by atoms with E-state index in [2.05, 4.69) is 20.8 Å². The summed E-state index contributed by atoms with van der Waals surface area (Å²) in [5.41, 5.74) is 3.22. The smallest absolute Gasteiger partial charge is 0.295 e. The Labute approximate surface area is 208 Å². The Morgan fingerprint density at radius 3 is 2.20 bits per heavy atom. The molecule has 1 aliphatic heterocycles. The number of Topliss-reactive ketones (excluding diaryl/α,β-unsaturated/α-hetero) is 1. The van der Waals surface area contributed by atoms with E-state index in [0.29, 0.717) is 11.3 Å². The summed E-state index contributed by atoms with van der Waals surface area (Å²) in [5, 5.41) is 11.6. The Kier molecular flexibility index (Phi) is 6.67. The number of aliphatic hydroxyl groups excluding tert-OH is 1. The molecule has 1 saturated heterocycles. The summed E-state index contributed by atoms with van der Waals surface area (Å²) in [5.74, 6) is -0.900. The van der Waals surface area contributed by atoms with Crippen LogP contribution in [0.3, 0.4) is 0 Å². The molecule has 1 N–H and O–H groups in total. The number of carbonyl (C=O) groups excluding carboxylic acids is 2. The number of hydrogen-bond donors (Lipinski definition) is 1. The molecule has 0 aromatic heterocycles. The Morgan fingerprint density at radius 2 is 1.66 bits per heavy atom. The van der Waals surface area contributed by atoms with Crippen LogP contribution in [0.5, 0.6) is 5.75 Å². The van der Waals surface area contributed by atoms with E-state index >= 15 is 0 Å². The first-order chi connectivity index (χ1) is 16.5. The molecule has 1 heterocycles. The zero-order valence-electron chi connectivity index (χ0n) is 21.6.